The van der Waals surface area contributed by atoms with Crippen LogP contribution in [0.15, 0.2) is 146 Å². The Bertz CT molecular complexity index is 2130. The van der Waals surface area contributed by atoms with Crippen molar-refractivity contribution in [2.75, 3.05) is 53.9 Å². The molecule has 68 heavy (non-hydrogen) atoms. The van der Waals surface area contributed by atoms with Crippen LogP contribution < -0.4 is 18.9 Å². The molecule has 0 bridgehead atoms. The van der Waals surface area contributed by atoms with Crippen molar-refractivity contribution in [3.8, 4) is 56.4 Å². The molecule has 0 saturated heterocycles. The molecule has 0 aromatic heterocycles. The lowest BCUT2D eigenvalue weighted by atomic mass is 10.0. The number of hydrogen-bond acceptors (Lipinski definition) is 10. The van der Waals surface area contributed by atoms with Gasteiger partial charge in [-0.25, -0.2) is 0 Å². The maximum atomic E-state index is 6.14. The second-order valence-electron chi connectivity index (χ2n) is 17.4. The van der Waals surface area contributed by atoms with E-state index in [2.05, 4.69) is 97.1 Å². The Kier molecular flexibility index (Phi) is 20.8. The van der Waals surface area contributed by atoms with Gasteiger partial charge in [-0.1, -0.05) is 97.1 Å². The van der Waals surface area contributed by atoms with Gasteiger partial charge in [-0.2, -0.15) is 0 Å². The number of hydrogen-bond donors (Lipinski definition) is 0. The van der Waals surface area contributed by atoms with Crippen molar-refractivity contribution in [1.82, 2.24) is 0 Å². The van der Waals surface area contributed by atoms with E-state index in [-0.39, 0.29) is 36.6 Å². The first-order chi connectivity index (χ1) is 33.0. The van der Waals surface area contributed by atoms with Gasteiger partial charge in [0.05, 0.1) is 63.1 Å². The Morgan fingerprint density at radius 3 is 0.750 bits per heavy atom. The van der Waals surface area contributed by atoms with Gasteiger partial charge < -0.3 is 47.4 Å². The van der Waals surface area contributed by atoms with Crippen molar-refractivity contribution in [3.63, 3.8) is 0 Å². The van der Waals surface area contributed by atoms with Crippen LogP contribution in [0.5, 0.6) is 23.0 Å². The summed E-state index contributed by atoms with van der Waals surface area (Å²) in [6.45, 7) is 15.9. The first-order valence-electron chi connectivity index (χ1n) is 23.7. The minimum atomic E-state index is -0.0615. The molecule has 0 aliphatic heterocycles. The third-order valence-electron chi connectivity index (χ3n) is 11.4. The molecule has 6 aromatic rings. The van der Waals surface area contributed by atoms with Crippen LogP contribution in [0, 0.1) is 0 Å². The molecule has 0 spiro atoms. The first kappa shape index (κ1) is 51.7. The molecule has 362 valence electrons. The lowest BCUT2D eigenvalue weighted by molar-refractivity contribution is -0.0660. The van der Waals surface area contributed by atoms with E-state index in [0.29, 0.717) is 52.9 Å². The normalized spacial score (nSPS) is 14.1. The van der Waals surface area contributed by atoms with Crippen LogP contribution in [0.1, 0.15) is 52.7 Å². The van der Waals surface area contributed by atoms with Crippen LogP contribution in [0.2, 0.25) is 0 Å². The topological polar surface area (TPSA) is 92.3 Å². The minimum absolute atomic E-state index is 0.0145. The quantitative estimate of drug-likeness (QED) is 0.0453. The standard InChI is InChI=1S/C58H70O10/c1-41(59-7)33-61-43(3)35-63-45(5)37-65-55-25-17-51(18-26-55)49-13-9-47(10-14-49)39-67-57-29-21-53(22-30-57)54-23-31-58(32-24-54)68-40-48-11-15-50(16-12-48)52-19-27-56(28-20-52)66-38-46(6)64-36-44(4)62-34-42(2)60-8/h9-32,41-46H,33-40H2,1-8H3. The van der Waals surface area contributed by atoms with Crippen molar-refractivity contribution in [3.05, 3.63) is 157 Å². The van der Waals surface area contributed by atoms with Crippen molar-refractivity contribution in [2.24, 2.45) is 0 Å². The molecule has 10 heteroatoms. The van der Waals surface area contributed by atoms with Gasteiger partial charge in [-0.05, 0) is 135 Å². The summed E-state index contributed by atoms with van der Waals surface area (Å²) >= 11 is 0. The summed E-state index contributed by atoms with van der Waals surface area (Å²) in [6, 6.07) is 49.6. The SMILES string of the molecule is COC(C)COC(C)COC(C)COc1ccc(-c2ccc(COc3ccc(-c4ccc(OCc5ccc(-c6ccc(OCC(C)OCC(C)OCC(C)OC)cc6)cc5)cc4)cc3)cc2)cc1. The number of benzene rings is 6. The number of rotatable bonds is 29. The molecule has 0 saturated carbocycles. The van der Waals surface area contributed by atoms with Gasteiger partial charge in [-0.3, -0.25) is 0 Å². The fourth-order valence-electron chi connectivity index (χ4n) is 6.85. The summed E-state index contributed by atoms with van der Waals surface area (Å²) in [7, 11) is 3.36. The van der Waals surface area contributed by atoms with Crippen LogP contribution in [-0.4, -0.2) is 90.5 Å². The smallest absolute Gasteiger partial charge is 0.119 e. The summed E-state index contributed by atoms with van der Waals surface area (Å²) in [5.74, 6) is 3.25. The highest BCUT2D eigenvalue weighted by Gasteiger charge is 2.12. The van der Waals surface area contributed by atoms with Gasteiger partial charge in [-0.15, -0.1) is 0 Å². The Hall–Kier alpha value is -5.72. The number of ether oxygens (including phenoxy) is 10. The van der Waals surface area contributed by atoms with E-state index in [1.165, 1.54) is 0 Å². The third-order valence-corrected chi connectivity index (χ3v) is 11.4. The summed E-state index contributed by atoms with van der Waals surface area (Å²) in [5, 5.41) is 0. The molecule has 0 radical (unpaired) electrons. The fourth-order valence-corrected chi connectivity index (χ4v) is 6.85. The molecule has 0 heterocycles. The van der Waals surface area contributed by atoms with Crippen molar-refractivity contribution < 1.29 is 47.4 Å². The van der Waals surface area contributed by atoms with E-state index in [4.69, 9.17) is 47.4 Å². The molecule has 6 unspecified atom stereocenters. The summed E-state index contributed by atoms with van der Waals surface area (Å²) < 4.78 is 58.0. The second kappa shape index (κ2) is 27.3. The second-order valence-corrected chi connectivity index (χ2v) is 17.4. The zero-order valence-electron chi connectivity index (χ0n) is 41.1. The Morgan fingerprint density at radius 2 is 0.485 bits per heavy atom. The molecule has 6 rings (SSSR count). The van der Waals surface area contributed by atoms with Gasteiger partial charge in [0.15, 0.2) is 0 Å². The van der Waals surface area contributed by atoms with E-state index in [0.717, 1.165) is 67.5 Å². The van der Waals surface area contributed by atoms with E-state index >= 15 is 0 Å². The maximum Gasteiger partial charge on any atom is 0.119 e. The van der Waals surface area contributed by atoms with E-state index in [1.54, 1.807) is 14.2 Å². The minimum Gasteiger partial charge on any atom is -0.491 e. The zero-order chi connectivity index (χ0) is 48.1. The van der Waals surface area contributed by atoms with E-state index < -0.39 is 0 Å². The lowest BCUT2D eigenvalue weighted by Crippen LogP contribution is -2.26. The average Bonchev–Trinajstić information content (AvgIpc) is 3.39. The molecule has 0 N–H and O–H groups in total. The van der Waals surface area contributed by atoms with E-state index in [9.17, 15) is 0 Å². The van der Waals surface area contributed by atoms with Gasteiger partial charge >= 0.3 is 0 Å². The zero-order valence-corrected chi connectivity index (χ0v) is 41.1. The van der Waals surface area contributed by atoms with Gasteiger partial charge in [0.25, 0.3) is 0 Å². The van der Waals surface area contributed by atoms with Gasteiger partial charge in [0.2, 0.25) is 0 Å². The predicted molar refractivity (Wildman–Crippen MR) is 270 cm³/mol. The Balaban J connectivity index is 0.871. The van der Waals surface area contributed by atoms with Crippen molar-refractivity contribution in [2.45, 2.75) is 91.4 Å². The van der Waals surface area contributed by atoms with Crippen LogP contribution >= 0.6 is 0 Å². The number of methoxy groups -OCH3 is 2. The summed E-state index contributed by atoms with van der Waals surface area (Å²) in [6.07, 6.45) is -0.0295. The molecule has 0 fully saturated rings. The molecule has 0 aliphatic carbocycles. The maximum absolute atomic E-state index is 6.14. The molecular formula is C58H70O10. The van der Waals surface area contributed by atoms with Crippen LogP contribution in [0.3, 0.4) is 0 Å². The highest BCUT2D eigenvalue weighted by molar-refractivity contribution is 5.66. The molecule has 10 nitrogen and oxygen atoms in total. The van der Waals surface area contributed by atoms with Crippen LogP contribution in [0.4, 0.5) is 0 Å². The highest BCUT2D eigenvalue weighted by Crippen LogP contribution is 2.28. The highest BCUT2D eigenvalue weighted by atomic mass is 16.6. The largest absolute Gasteiger partial charge is 0.491 e. The monoisotopic (exact) mass is 926 g/mol. The Labute approximate surface area is 404 Å². The molecule has 0 aliphatic rings. The molecular weight excluding hydrogens is 857 g/mol. The van der Waals surface area contributed by atoms with Crippen LogP contribution in [0.25, 0.3) is 33.4 Å². The summed E-state index contributed by atoms with van der Waals surface area (Å²) in [4.78, 5) is 0. The molecule has 6 atom stereocenters. The van der Waals surface area contributed by atoms with Gasteiger partial charge in [0.1, 0.15) is 49.4 Å². The lowest BCUT2D eigenvalue weighted by Gasteiger charge is -2.19. The third kappa shape index (κ3) is 17.4. The molecule has 6 aromatic carbocycles. The molecule has 0 amide bonds. The average molecular weight is 927 g/mol. The van der Waals surface area contributed by atoms with Crippen molar-refractivity contribution >= 4 is 0 Å². The Morgan fingerprint density at radius 1 is 0.265 bits per heavy atom. The van der Waals surface area contributed by atoms with Crippen molar-refractivity contribution in [1.29, 1.82) is 0 Å². The summed E-state index contributed by atoms with van der Waals surface area (Å²) in [5.41, 5.74) is 8.89. The first-order valence-corrected chi connectivity index (χ1v) is 23.7. The van der Waals surface area contributed by atoms with E-state index in [1.807, 2.05) is 90.1 Å². The fraction of sp³-hybridized carbons (Fsp3) is 0.379. The predicted octanol–water partition coefficient (Wildman–Crippen LogP) is 12.3. The van der Waals surface area contributed by atoms with Crippen LogP contribution in [-0.2, 0) is 41.6 Å². The van der Waals surface area contributed by atoms with Gasteiger partial charge in [0, 0.05) is 14.2 Å².